The van der Waals surface area contributed by atoms with Gasteiger partial charge >= 0.3 is 6.09 Å². The molecule has 3 amide bonds. The number of hydrogen-bond donors (Lipinski definition) is 2. The van der Waals surface area contributed by atoms with Gasteiger partial charge in [-0.3, -0.25) is 9.59 Å². The molecule has 0 spiro atoms. The van der Waals surface area contributed by atoms with Crippen LogP contribution in [-0.4, -0.2) is 47.0 Å². The van der Waals surface area contributed by atoms with Crippen LogP contribution in [0.4, 0.5) is 4.79 Å². The Hall–Kier alpha value is -2.57. The Kier molecular flexibility index (Phi) is 15.2. The number of ether oxygens (including phenoxy) is 1. The Morgan fingerprint density at radius 2 is 1.46 bits per heavy atom. The third kappa shape index (κ3) is 12.9. The molecule has 1 aromatic rings. The van der Waals surface area contributed by atoms with Crippen molar-refractivity contribution in [1.29, 1.82) is 0 Å². The van der Waals surface area contributed by atoms with E-state index in [1.54, 1.807) is 25.7 Å². The van der Waals surface area contributed by atoms with E-state index >= 15 is 0 Å². The van der Waals surface area contributed by atoms with Gasteiger partial charge in [0.1, 0.15) is 17.7 Å². The van der Waals surface area contributed by atoms with E-state index in [4.69, 9.17) is 4.74 Å². The van der Waals surface area contributed by atoms with Crippen molar-refractivity contribution in [1.82, 2.24) is 15.5 Å². The summed E-state index contributed by atoms with van der Waals surface area (Å²) in [7, 11) is 0. The van der Waals surface area contributed by atoms with Crippen molar-refractivity contribution in [3.05, 3.63) is 35.4 Å². The molecule has 222 valence electrons. The van der Waals surface area contributed by atoms with Gasteiger partial charge in [-0.2, -0.15) is 0 Å². The SMILES string of the molecule is CCCCCCCCN(C(=O)C(NC(=O)OC(C)(C)C)C(C)C)C(C(=O)NC(C)CCC)c1ccc(C)cc1. The summed E-state index contributed by atoms with van der Waals surface area (Å²) in [6.45, 7) is 17.9. The lowest BCUT2D eigenvalue weighted by Crippen LogP contribution is -2.55. The van der Waals surface area contributed by atoms with Crippen molar-refractivity contribution in [2.45, 2.75) is 137 Å². The van der Waals surface area contributed by atoms with E-state index < -0.39 is 23.8 Å². The molecule has 1 rings (SSSR count). The zero-order valence-corrected chi connectivity index (χ0v) is 26.1. The van der Waals surface area contributed by atoms with Gasteiger partial charge in [-0.15, -0.1) is 0 Å². The van der Waals surface area contributed by atoms with Crippen LogP contribution in [0.5, 0.6) is 0 Å². The zero-order chi connectivity index (χ0) is 29.6. The summed E-state index contributed by atoms with van der Waals surface area (Å²) in [5, 5.41) is 5.95. The molecule has 0 saturated carbocycles. The number of nitrogens with zero attached hydrogens (tertiary/aromatic N) is 1. The fourth-order valence-corrected chi connectivity index (χ4v) is 4.60. The van der Waals surface area contributed by atoms with Gasteiger partial charge in [0.15, 0.2) is 0 Å². The van der Waals surface area contributed by atoms with Gasteiger partial charge in [0, 0.05) is 12.6 Å². The summed E-state index contributed by atoms with van der Waals surface area (Å²) in [5.74, 6) is -0.662. The summed E-state index contributed by atoms with van der Waals surface area (Å²) in [4.78, 5) is 42.4. The minimum Gasteiger partial charge on any atom is -0.444 e. The average molecular weight is 546 g/mol. The standard InChI is InChI=1S/C32H55N3O4/c1-10-12-13-14-15-16-22-35(30(37)27(23(3)4)34-31(38)39-32(7,8)9)28(26-20-18-24(5)19-21-26)29(36)33-25(6)17-11-2/h18-21,23,25,27-28H,10-17,22H2,1-9H3,(H,33,36)(H,34,38). The summed E-state index contributed by atoms with van der Waals surface area (Å²) >= 11 is 0. The fourth-order valence-electron chi connectivity index (χ4n) is 4.60. The molecule has 0 heterocycles. The molecular formula is C32H55N3O4. The first-order chi connectivity index (χ1) is 18.3. The van der Waals surface area contributed by atoms with Gasteiger partial charge in [-0.25, -0.2) is 4.79 Å². The summed E-state index contributed by atoms with van der Waals surface area (Å²) in [5.41, 5.74) is 1.16. The molecule has 0 saturated heterocycles. The second-order valence-electron chi connectivity index (χ2n) is 12.2. The number of hydrogen-bond acceptors (Lipinski definition) is 4. The third-order valence-electron chi connectivity index (χ3n) is 6.70. The van der Waals surface area contributed by atoms with Crippen molar-refractivity contribution in [2.24, 2.45) is 5.92 Å². The number of rotatable bonds is 16. The van der Waals surface area contributed by atoms with Gasteiger partial charge in [-0.05, 0) is 58.9 Å². The molecule has 1 aromatic carbocycles. The predicted molar refractivity (Wildman–Crippen MR) is 160 cm³/mol. The van der Waals surface area contributed by atoms with E-state index in [0.29, 0.717) is 6.54 Å². The molecule has 0 aromatic heterocycles. The second kappa shape index (κ2) is 17.2. The van der Waals surface area contributed by atoms with E-state index in [1.165, 1.54) is 12.8 Å². The van der Waals surface area contributed by atoms with Crippen molar-refractivity contribution >= 4 is 17.9 Å². The first-order valence-electron chi connectivity index (χ1n) is 15.0. The molecule has 0 aliphatic heterocycles. The lowest BCUT2D eigenvalue weighted by atomic mass is 9.97. The third-order valence-corrected chi connectivity index (χ3v) is 6.70. The highest BCUT2D eigenvalue weighted by Crippen LogP contribution is 2.26. The smallest absolute Gasteiger partial charge is 0.408 e. The number of carbonyl (C=O) groups is 3. The molecule has 0 aliphatic carbocycles. The Bertz CT molecular complexity index is 876. The molecule has 2 N–H and O–H groups in total. The Morgan fingerprint density at radius 1 is 0.872 bits per heavy atom. The van der Waals surface area contributed by atoms with Gasteiger partial charge in [-0.1, -0.05) is 96.0 Å². The van der Waals surface area contributed by atoms with E-state index in [-0.39, 0.29) is 23.8 Å². The number of amides is 3. The van der Waals surface area contributed by atoms with Crippen LogP contribution >= 0.6 is 0 Å². The topological polar surface area (TPSA) is 87.7 Å². The van der Waals surface area contributed by atoms with Gasteiger partial charge in [0.2, 0.25) is 11.8 Å². The number of alkyl carbamates (subject to hydrolysis) is 1. The van der Waals surface area contributed by atoms with E-state index in [2.05, 4.69) is 24.5 Å². The predicted octanol–water partition coefficient (Wildman–Crippen LogP) is 7.08. The Morgan fingerprint density at radius 3 is 2.00 bits per heavy atom. The summed E-state index contributed by atoms with van der Waals surface area (Å²) in [6, 6.07) is 6.16. The van der Waals surface area contributed by atoms with Crippen LogP contribution in [-0.2, 0) is 14.3 Å². The molecule has 0 aliphatic rings. The first kappa shape index (κ1) is 34.5. The van der Waals surface area contributed by atoms with Crippen LogP contribution in [0.3, 0.4) is 0 Å². The van der Waals surface area contributed by atoms with Crippen molar-refractivity contribution < 1.29 is 19.1 Å². The summed E-state index contributed by atoms with van der Waals surface area (Å²) < 4.78 is 5.47. The number of carbonyl (C=O) groups excluding carboxylic acids is 3. The molecule has 7 heteroatoms. The zero-order valence-electron chi connectivity index (χ0n) is 26.1. The first-order valence-corrected chi connectivity index (χ1v) is 15.0. The molecule has 39 heavy (non-hydrogen) atoms. The van der Waals surface area contributed by atoms with Crippen molar-refractivity contribution in [3.63, 3.8) is 0 Å². The van der Waals surface area contributed by atoms with Crippen LogP contribution in [0.1, 0.15) is 124 Å². The number of benzene rings is 1. The van der Waals surface area contributed by atoms with Crippen LogP contribution < -0.4 is 10.6 Å². The van der Waals surface area contributed by atoms with Crippen LogP contribution in [0.2, 0.25) is 0 Å². The maximum absolute atomic E-state index is 14.2. The van der Waals surface area contributed by atoms with E-state index in [0.717, 1.165) is 49.7 Å². The lowest BCUT2D eigenvalue weighted by Gasteiger charge is -2.36. The molecule has 0 fully saturated rings. The quantitative estimate of drug-likeness (QED) is 0.217. The number of unbranched alkanes of at least 4 members (excludes halogenated alkanes) is 5. The van der Waals surface area contributed by atoms with E-state index in [1.807, 2.05) is 52.0 Å². The average Bonchev–Trinajstić information content (AvgIpc) is 2.83. The minimum absolute atomic E-state index is 0.0118. The maximum atomic E-state index is 14.2. The van der Waals surface area contributed by atoms with Crippen LogP contribution in [0, 0.1) is 12.8 Å². The lowest BCUT2D eigenvalue weighted by molar-refractivity contribution is -0.143. The second-order valence-corrected chi connectivity index (χ2v) is 12.2. The highest BCUT2D eigenvalue weighted by Gasteiger charge is 2.37. The van der Waals surface area contributed by atoms with Crippen LogP contribution in [0.15, 0.2) is 24.3 Å². The Labute approximate surface area is 237 Å². The van der Waals surface area contributed by atoms with Gasteiger partial charge in [0.05, 0.1) is 0 Å². The van der Waals surface area contributed by atoms with Gasteiger partial charge < -0.3 is 20.3 Å². The van der Waals surface area contributed by atoms with Crippen LogP contribution in [0.25, 0.3) is 0 Å². The van der Waals surface area contributed by atoms with Crippen molar-refractivity contribution in [2.75, 3.05) is 6.54 Å². The molecule has 3 atom stereocenters. The van der Waals surface area contributed by atoms with E-state index in [9.17, 15) is 14.4 Å². The highest BCUT2D eigenvalue weighted by molar-refractivity contribution is 5.92. The largest absolute Gasteiger partial charge is 0.444 e. The monoisotopic (exact) mass is 545 g/mol. The number of nitrogens with one attached hydrogen (secondary N) is 2. The fraction of sp³-hybridized carbons (Fsp3) is 0.719. The normalized spacial score (nSPS) is 13.9. The molecule has 0 bridgehead atoms. The number of aryl methyl sites for hydroxylation is 1. The molecule has 7 nitrogen and oxygen atoms in total. The highest BCUT2D eigenvalue weighted by atomic mass is 16.6. The molecular weight excluding hydrogens is 490 g/mol. The van der Waals surface area contributed by atoms with Gasteiger partial charge in [0.25, 0.3) is 0 Å². The minimum atomic E-state index is -0.825. The van der Waals surface area contributed by atoms with Crippen molar-refractivity contribution in [3.8, 4) is 0 Å². The Balaban J connectivity index is 3.41. The molecule has 0 radical (unpaired) electrons. The molecule has 3 unspecified atom stereocenters. The maximum Gasteiger partial charge on any atom is 0.408 e. The summed E-state index contributed by atoms with van der Waals surface area (Å²) in [6.07, 6.45) is 7.55.